The molecule has 104 valence electrons. The summed E-state index contributed by atoms with van der Waals surface area (Å²) in [6.45, 7) is 1.57. The highest BCUT2D eigenvalue weighted by molar-refractivity contribution is 6.01. The highest BCUT2D eigenvalue weighted by atomic mass is 16.1. The molecule has 2 heterocycles. The Balaban J connectivity index is 1.94. The van der Waals surface area contributed by atoms with Gasteiger partial charge in [-0.2, -0.15) is 0 Å². The number of primary amides is 1. The molecule has 4 N–H and O–H groups in total. The Labute approximate surface area is 117 Å². The normalized spacial score (nSPS) is 16.5. The van der Waals surface area contributed by atoms with Crippen LogP contribution in [0.1, 0.15) is 12.8 Å². The van der Waals surface area contributed by atoms with Gasteiger partial charge in [-0.1, -0.05) is 12.1 Å². The molecule has 0 saturated carbocycles. The second kappa shape index (κ2) is 5.00. The van der Waals surface area contributed by atoms with E-state index in [1.54, 1.807) is 6.20 Å². The summed E-state index contributed by atoms with van der Waals surface area (Å²) < 4.78 is 0. The van der Waals surface area contributed by atoms with Gasteiger partial charge in [0.05, 0.1) is 0 Å². The number of anilines is 2. The molecule has 1 aromatic heterocycles. The van der Waals surface area contributed by atoms with Crippen molar-refractivity contribution >= 4 is 28.2 Å². The molecule has 1 fully saturated rings. The fraction of sp³-hybridized carbons (Fsp3) is 0.333. The fourth-order valence-corrected chi connectivity index (χ4v) is 2.85. The van der Waals surface area contributed by atoms with Crippen LogP contribution in [0.3, 0.4) is 0 Å². The van der Waals surface area contributed by atoms with Crippen molar-refractivity contribution in [3.05, 3.63) is 30.5 Å². The van der Waals surface area contributed by atoms with Gasteiger partial charge < -0.3 is 16.4 Å². The number of hydrogen-bond acceptors (Lipinski definition) is 4. The predicted molar refractivity (Wildman–Crippen MR) is 80.3 cm³/mol. The molecule has 5 heteroatoms. The summed E-state index contributed by atoms with van der Waals surface area (Å²) in [6.07, 6.45) is 3.36. The zero-order valence-electron chi connectivity index (χ0n) is 11.2. The van der Waals surface area contributed by atoms with Crippen LogP contribution in [0, 0.1) is 5.92 Å². The minimum atomic E-state index is -0.199. The molecule has 2 aromatic rings. The number of benzene rings is 1. The number of rotatable bonds is 2. The predicted octanol–water partition coefficient (Wildman–Crippen LogP) is 1.52. The first-order valence-corrected chi connectivity index (χ1v) is 6.84. The fourth-order valence-electron chi connectivity index (χ4n) is 2.85. The van der Waals surface area contributed by atoms with E-state index >= 15 is 0 Å². The van der Waals surface area contributed by atoms with Crippen molar-refractivity contribution in [1.29, 1.82) is 0 Å². The van der Waals surface area contributed by atoms with Crippen LogP contribution in [0.2, 0.25) is 0 Å². The van der Waals surface area contributed by atoms with E-state index in [1.165, 1.54) is 0 Å². The Morgan fingerprint density at radius 3 is 2.70 bits per heavy atom. The average molecular weight is 270 g/mol. The molecule has 20 heavy (non-hydrogen) atoms. The van der Waals surface area contributed by atoms with Crippen molar-refractivity contribution < 1.29 is 4.79 Å². The second-order valence-electron chi connectivity index (χ2n) is 5.24. The molecule has 5 nitrogen and oxygen atoms in total. The zero-order chi connectivity index (χ0) is 14.1. The van der Waals surface area contributed by atoms with E-state index in [2.05, 4.69) is 9.88 Å². The Hall–Kier alpha value is -2.30. The number of carbonyl (C=O) groups is 1. The van der Waals surface area contributed by atoms with Crippen molar-refractivity contribution in [3.63, 3.8) is 0 Å². The number of amides is 1. The molecule has 3 rings (SSSR count). The molecule has 1 aliphatic heterocycles. The lowest BCUT2D eigenvalue weighted by atomic mass is 9.96. The minimum absolute atomic E-state index is 0.0152. The first-order chi connectivity index (χ1) is 9.66. The van der Waals surface area contributed by atoms with Gasteiger partial charge in [-0.25, -0.2) is 4.98 Å². The van der Waals surface area contributed by atoms with Gasteiger partial charge >= 0.3 is 0 Å². The van der Waals surface area contributed by atoms with Crippen LogP contribution < -0.4 is 16.4 Å². The summed E-state index contributed by atoms with van der Waals surface area (Å²) >= 11 is 0. The van der Waals surface area contributed by atoms with E-state index in [9.17, 15) is 4.79 Å². The minimum Gasteiger partial charge on any atom is -0.398 e. The number of carbonyl (C=O) groups excluding carboxylic acids is 1. The van der Waals surface area contributed by atoms with Gasteiger partial charge in [0, 0.05) is 36.3 Å². The van der Waals surface area contributed by atoms with E-state index in [-0.39, 0.29) is 11.8 Å². The molecular formula is C15H18N4O. The first kappa shape index (κ1) is 12.7. The van der Waals surface area contributed by atoms with Gasteiger partial charge in [-0.15, -0.1) is 0 Å². The summed E-state index contributed by atoms with van der Waals surface area (Å²) in [7, 11) is 0. The Morgan fingerprint density at radius 1 is 1.25 bits per heavy atom. The Kier molecular flexibility index (Phi) is 3.18. The van der Waals surface area contributed by atoms with Crippen LogP contribution >= 0.6 is 0 Å². The molecule has 0 unspecified atom stereocenters. The maximum Gasteiger partial charge on any atom is 0.220 e. The molecule has 1 aromatic carbocycles. The Morgan fingerprint density at radius 2 is 2.00 bits per heavy atom. The van der Waals surface area contributed by atoms with Crippen LogP contribution in [0.5, 0.6) is 0 Å². The van der Waals surface area contributed by atoms with Crippen molar-refractivity contribution in [3.8, 4) is 0 Å². The SMILES string of the molecule is NC(=O)C1CCN(c2nccc3cccc(N)c23)CC1. The number of hydrogen-bond donors (Lipinski definition) is 2. The monoisotopic (exact) mass is 270 g/mol. The molecule has 0 radical (unpaired) electrons. The topological polar surface area (TPSA) is 85.2 Å². The van der Waals surface area contributed by atoms with Gasteiger partial charge in [-0.05, 0) is 30.4 Å². The molecule has 1 saturated heterocycles. The second-order valence-corrected chi connectivity index (χ2v) is 5.24. The first-order valence-electron chi connectivity index (χ1n) is 6.84. The summed E-state index contributed by atoms with van der Waals surface area (Å²) in [5.41, 5.74) is 12.2. The standard InChI is InChI=1S/C15H18N4O/c16-12-3-1-2-10-4-7-18-15(13(10)12)19-8-5-11(6-9-19)14(17)20/h1-4,7,11H,5-6,8-9,16H2,(H2,17,20). The largest absolute Gasteiger partial charge is 0.398 e. The van der Waals surface area contributed by atoms with E-state index in [4.69, 9.17) is 11.5 Å². The van der Waals surface area contributed by atoms with Crippen LogP contribution in [-0.4, -0.2) is 24.0 Å². The van der Waals surface area contributed by atoms with Crippen molar-refractivity contribution in [2.45, 2.75) is 12.8 Å². The van der Waals surface area contributed by atoms with Crippen molar-refractivity contribution in [2.75, 3.05) is 23.7 Å². The summed E-state index contributed by atoms with van der Waals surface area (Å²) in [4.78, 5) is 17.9. The van der Waals surface area contributed by atoms with Crippen LogP contribution in [0.25, 0.3) is 10.8 Å². The third-order valence-corrected chi connectivity index (χ3v) is 4.00. The Bertz CT molecular complexity index is 642. The lowest BCUT2D eigenvalue weighted by Crippen LogP contribution is -2.39. The number of nitrogen functional groups attached to an aromatic ring is 1. The van der Waals surface area contributed by atoms with Crippen LogP contribution in [-0.2, 0) is 4.79 Å². The lowest BCUT2D eigenvalue weighted by Gasteiger charge is -2.32. The lowest BCUT2D eigenvalue weighted by molar-refractivity contribution is -0.122. The third kappa shape index (κ3) is 2.15. The smallest absolute Gasteiger partial charge is 0.220 e. The van der Waals surface area contributed by atoms with Gasteiger partial charge in [-0.3, -0.25) is 4.79 Å². The highest BCUT2D eigenvalue weighted by Crippen LogP contribution is 2.31. The van der Waals surface area contributed by atoms with Crippen LogP contribution in [0.4, 0.5) is 11.5 Å². The number of aromatic nitrogens is 1. The maximum atomic E-state index is 11.2. The van der Waals surface area contributed by atoms with Crippen molar-refractivity contribution in [1.82, 2.24) is 4.98 Å². The average Bonchev–Trinajstić information content (AvgIpc) is 2.47. The van der Waals surface area contributed by atoms with E-state index in [0.717, 1.165) is 48.2 Å². The zero-order valence-corrected chi connectivity index (χ0v) is 11.2. The molecule has 1 aliphatic rings. The molecule has 0 atom stereocenters. The van der Waals surface area contributed by atoms with Crippen molar-refractivity contribution in [2.24, 2.45) is 11.7 Å². The summed E-state index contributed by atoms with van der Waals surface area (Å²) in [5.74, 6) is 0.692. The maximum absolute atomic E-state index is 11.2. The summed E-state index contributed by atoms with van der Waals surface area (Å²) in [6, 6.07) is 7.84. The van der Waals surface area contributed by atoms with Gasteiger partial charge in [0.15, 0.2) is 0 Å². The van der Waals surface area contributed by atoms with Gasteiger partial charge in [0.2, 0.25) is 5.91 Å². The van der Waals surface area contributed by atoms with Crippen LogP contribution in [0.15, 0.2) is 30.5 Å². The third-order valence-electron chi connectivity index (χ3n) is 4.00. The molecule has 0 bridgehead atoms. The number of pyridine rings is 1. The number of piperidine rings is 1. The van der Waals surface area contributed by atoms with E-state index < -0.39 is 0 Å². The van der Waals surface area contributed by atoms with E-state index in [1.807, 2.05) is 24.3 Å². The van der Waals surface area contributed by atoms with Gasteiger partial charge in [0.25, 0.3) is 0 Å². The number of fused-ring (bicyclic) bond motifs is 1. The summed E-state index contributed by atoms with van der Waals surface area (Å²) in [5, 5.41) is 2.08. The molecule has 0 aliphatic carbocycles. The number of nitrogens with zero attached hydrogens (tertiary/aromatic N) is 2. The van der Waals surface area contributed by atoms with Gasteiger partial charge in [0.1, 0.15) is 5.82 Å². The number of nitrogens with two attached hydrogens (primary N) is 2. The molecule has 1 amide bonds. The molecule has 0 spiro atoms. The molecular weight excluding hydrogens is 252 g/mol. The quantitative estimate of drug-likeness (QED) is 0.810. The van der Waals surface area contributed by atoms with E-state index in [0.29, 0.717) is 0 Å². The highest BCUT2D eigenvalue weighted by Gasteiger charge is 2.24.